The number of carboxylic acid groups (broad SMARTS) is 1. The van der Waals surface area contributed by atoms with Crippen molar-refractivity contribution in [1.29, 1.82) is 0 Å². The van der Waals surface area contributed by atoms with Gasteiger partial charge in [-0.2, -0.15) is 0 Å². The van der Waals surface area contributed by atoms with Crippen LogP contribution in [0.5, 0.6) is 0 Å². The van der Waals surface area contributed by atoms with E-state index in [0.717, 1.165) is 0 Å². The molecular weight excluding hydrogens is 237 g/mol. The molecule has 0 spiro atoms. The number of nitrogens with one attached hydrogen (secondary N) is 1. The molecule has 4 N–H and O–H groups in total. The molecule has 0 amide bonds. The fourth-order valence-corrected chi connectivity index (χ4v) is 1.67. The maximum absolute atomic E-state index is 10.9. The van der Waals surface area contributed by atoms with Gasteiger partial charge in [0.1, 0.15) is 11.3 Å². The molecule has 0 saturated heterocycles. The van der Waals surface area contributed by atoms with E-state index >= 15 is 0 Å². The quantitative estimate of drug-likeness (QED) is 0.670. The molecule has 0 fully saturated rings. The van der Waals surface area contributed by atoms with Gasteiger partial charge in [0, 0.05) is 0 Å². The van der Waals surface area contributed by atoms with Gasteiger partial charge in [-0.25, -0.2) is 9.78 Å². The van der Waals surface area contributed by atoms with Gasteiger partial charge in [-0.1, -0.05) is 11.6 Å². The van der Waals surface area contributed by atoms with Crippen LogP contribution in [0.15, 0.2) is 6.07 Å². The molecule has 0 radical (unpaired) electrons. The topological polar surface area (TPSA) is 92.0 Å². The van der Waals surface area contributed by atoms with Crippen LogP contribution in [0.3, 0.4) is 0 Å². The van der Waals surface area contributed by atoms with Crippen molar-refractivity contribution in [1.82, 2.24) is 9.97 Å². The minimum absolute atomic E-state index is 0. The number of aromatic amines is 1. The monoisotopic (exact) mass is 245 g/mol. The number of aryl methyl sites for hydroxylation is 1. The molecule has 1 heterocycles. The number of carboxylic acids is 1. The van der Waals surface area contributed by atoms with Crippen LogP contribution in [-0.2, 0) is 0 Å². The minimum atomic E-state index is -1.11. The number of nitrogen functional groups attached to an aromatic ring is 1. The molecule has 0 bridgehead atoms. The smallest absolute Gasteiger partial charge is 0.337 e. The van der Waals surface area contributed by atoms with E-state index in [-0.39, 0.29) is 21.0 Å². The average molecular weight is 246 g/mol. The number of nitrogens with two attached hydrogens (primary N) is 1. The summed E-state index contributed by atoms with van der Waals surface area (Å²) in [6.45, 7) is 1.76. The van der Waals surface area contributed by atoms with Crippen LogP contribution >= 0.6 is 11.6 Å². The number of hydrogen-bond acceptors (Lipinski definition) is 3. The number of benzene rings is 1. The highest BCUT2D eigenvalue weighted by molar-refractivity contribution is 6.38. The van der Waals surface area contributed by atoms with Gasteiger partial charge in [-0.05, 0) is 13.0 Å². The largest absolute Gasteiger partial charge is 0.478 e. The summed E-state index contributed by atoms with van der Waals surface area (Å²) in [5.74, 6) is -0.447. The lowest BCUT2D eigenvalue weighted by molar-refractivity contribution is 0.0698. The maximum atomic E-state index is 10.9. The van der Waals surface area contributed by atoms with Crippen LogP contribution in [-0.4, -0.2) is 21.0 Å². The summed E-state index contributed by atoms with van der Waals surface area (Å²) in [6, 6.07) is 1.43. The highest BCUT2D eigenvalue weighted by Gasteiger charge is 2.16. The first-order valence-corrected chi connectivity index (χ1v) is 4.56. The molecule has 0 aliphatic rings. The number of rotatable bonds is 1. The van der Waals surface area contributed by atoms with E-state index < -0.39 is 5.97 Å². The van der Waals surface area contributed by atoms with Crippen molar-refractivity contribution in [3.8, 4) is 0 Å². The lowest BCUT2D eigenvalue weighted by atomic mass is 10.1. The van der Waals surface area contributed by atoms with Crippen molar-refractivity contribution in [2.75, 3.05) is 5.73 Å². The van der Waals surface area contributed by atoms with Gasteiger partial charge < -0.3 is 15.8 Å². The van der Waals surface area contributed by atoms with Gasteiger partial charge in [0.05, 0.1) is 21.8 Å². The van der Waals surface area contributed by atoms with Crippen LogP contribution in [0.2, 0.25) is 5.02 Å². The predicted molar refractivity (Wildman–Crippen MR) is 59.7 cm³/mol. The van der Waals surface area contributed by atoms with E-state index in [9.17, 15) is 4.79 Å². The van der Waals surface area contributed by atoms with Gasteiger partial charge in [-0.3, -0.25) is 4.70 Å². The molecule has 1 aromatic heterocycles. The molecule has 7 heteroatoms. The molecular formula is C9H9ClFN3O2. The molecule has 0 aliphatic heterocycles. The van der Waals surface area contributed by atoms with Gasteiger partial charge in [-0.15, -0.1) is 0 Å². The van der Waals surface area contributed by atoms with E-state index in [1.54, 1.807) is 6.92 Å². The van der Waals surface area contributed by atoms with E-state index in [0.29, 0.717) is 16.9 Å². The average Bonchev–Trinajstić information content (AvgIpc) is 2.52. The van der Waals surface area contributed by atoms with E-state index in [1.165, 1.54) is 6.07 Å². The second-order valence-electron chi connectivity index (χ2n) is 3.18. The summed E-state index contributed by atoms with van der Waals surface area (Å²) in [6.07, 6.45) is 0. The van der Waals surface area contributed by atoms with Crippen molar-refractivity contribution >= 4 is 34.3 Å². The van der Waals surface area contributed by atoms with Crippen molar-refractivity contribution in [3.05, 3.63) is 22.5 Å². The van der Waals surface area contributed by atoms with Crippen molar-refractivity contribution in [3.63, 3.8) is 0 Å². The third-order valence-electron chi connectivity index (χ3n) is 2.10. The Morgan fingerprint density at radius 1 is 1.62 bits per heavy atom. The Morgan fingerprint density at radius 3 is 2.81 bits per heavy atom. The van der Waals surface area contributed by atoms with Crippen LogP contribution < -0.4 is 5.73 Å². The molecule has 0 aliphatic carbocycles. The highest BCUT2D eigenvalue weighted by Crippen LogP contribution is 2.30. The van der Waals surface area contributed by atoms with Gasteiger partial charge in [0.2, 0.25) is 0 Å². The van der Waals surface area contributed by atoms with E-state index in [4.69, 9.17) is 22.4 Å². The molecule has 2 rings (SSSR count). The number of nitrogens with zero attached hydrogens (tertiary/aromatic N) is 1. The van der Waals surface area contributed by atoms with Crippen LogP contribution in [0.4, 0.5) is 10.4 Å². The van der Waals surface area contributed by atoms with Crippen molar-refractivity contribution in [2.45, 2.75) is 6.92 Å². The van der Waals surface area contributed by atoms with Crippen molar-refractivity contribution < 1.29 is 14.6 Å². The normalized spacial score (nSPS) is 10.1. The predicted octanol–water partition coefficient (Wildman–Crippen LogP) is 1.96. The lowest BCUT2D eigenvalue weighted by Crippen LogP contribution is -2.03. The summed E-state index contributed by atoms with van der Waals surface area (Å²) >= 11 is 5.92. The van der Waals surface area contributed by atoms with Gasteiger partial charge in [0.25, 0.3) is 0 Å². The number of imidazole rings is 1. The molecule has 16 heavy (non-hydrogen) atoms. The fraction of sp³-hybridized carbons (Fsp3) is 0.111. The van der Waals surface area contributed by atoms with Gasteiger partial charge >= 0.3 is 5.97 Å². The highest BCUT2D eigenvalue weighted by atomic mass is 35.5. The summed E-state index contributed by atoms with van der Waals surface area (Å²) in [7, 11) is 0. The van der Waals surface area contributed by atoms with Crippen molar-refractivity contribution in [2.24, 2.45) is 0 Å². The number of carbonyl (C=O) groups is 1. The third kappa shape index (κ3) is 1.67. The molecule has 0 saturated carbocycles. The molecule has 86 valence electrons. The summed E-state index contributed by atoms with van der Waals surface area (Å²) in [5.41, 5.74) is 6.69. The van der Waals surface area contributed by atoms with Crippen LogP contribution in [0, 0.1) is 6.92 Å². The zero-order valence-electron chi connectivity index (χ0n) is 8.24. The standard InChI is InChI=1S/C9H8ClN3O2.FH/c1-3-12-5-2-4(9(14)15)7(11)6(10)8(5)13-3;/h2H,11H2,1H3,(H,12,13)(H,14,15);1H. The number of H-pyrrole nitrogens is 1. The third-order valence-corrected chi connectivity index (χ3v) is 2.49. The number of aromatic carboxylic acids is 1. The molecule has 2 aromatic rings. The second kappa shape index (κ2) is 3.97. The summed E-state index contributed by atoms with van der Waals surface area (Å²) < 4.78 is 0. The zero-order chi connectivity index (χ0) is 11.2. The van der Waals surface area contributed by atoms with Crippen LogP contribution in [0.1, 0.15) is 16.2 Å². The Bertz CT molecular complexity index is 567. The number of fused-ring (bicyclic) bond motifs is 1. The van der Waals surface area contributed by atoms with Crippen LogP contribution in [0.25, 0.3) is 11.0 Å². The maximum Gasteiger partial charge on any atom is 0.337 e. The fourth-order valence-electron chi connectivity index (χ4n) is 1.43. The number of halogens is 2. The Hall–Kier alpha value is -1.82. The van der Waals surface area contributed by atoms with E-state index in [1.807, 2.05) is 0 Å². The molecule has 5 nitrogen and oxygen atoms in total. The first kappa shape index (κ1) is 12.3. The van der Waals surface area contributed by atoms with E-state index in [2.05, 4.69) is 9.97 Å². The number of aromatic nitrogens is 2. The Balaban J connectivity index is 0.00000128. The zero-order valence-corrected chi connectivity index (χ0v) is 9.00. The lowest BCUT2D eigenvalue weighted by Gasteiger charge is -2.03. The second-order valence-corrected chi connectivity index (χ2v) is 3.55. The molecule has 0 unspecified atom stereocenters. The minimum Gasteiger partial charge on any atom is -0.478 e. The SMILES string of the molecule is Cc1nc2c(Cl)c(N)c(C(=O)O)cc2[nH]1.F. The number of hydrogen-bond donors (Lipinski definition) is 3. The first-order valence-electron chi connectivity index (χ1n) is 4.18. The Morgan fingerprint density at radius 2 is 2.25 bits per heavy atom. The molecule has 1 aromatic carbocycles. The first-order chi connectivity index (χ1) is 7.00. The molecule has 0 atom stereocenters. The summed E-state index contributed by atoms with van der Waals surface area (Å²) in [5, 5.41) is 9.06. The summed E-state index contributed by atoms with van der Waals surface area (Å²) in [4.78, 5) is 17.9. The Kier molecular flexibility index (Phi) is 3.04. The number of anilines is 1. The van der Waals surface area contributed by atoms with Gasteiger partial charge in [0.15, 0.2) is 0 Å². The Labute approximate surface area is 94.6 Å².